The lowest BCUT2D eigenvalue weighted by Gasteiger charge is -2.11. The van der Waals surface area contributed by atoms with E-state index in [1.807, 2.05) is 0 Å². The van der Waals surface area contributed by atoms with Crippen molar-refractivity contribution in [3.63, 3.8) is 0 Å². The largest absolute Gasteiger partial charge is 0.352 e. The van der Waals surface area contributed by atoms with E-state index in [-0.39, 0.29) is 11.1 Å². The van der Waals surface area contributed by atoms with E-state index in [0.29, 0.717) is 18.0 Å². The zero-order chi connectivity index (χ0) is 11.5. The molecular formula is C12H15ClN2O. The van der Waals surface area contributed by atoms with Crippen LogP contribution in [0.25, 0.3) is 0 Å². The van der Waals surface area contributed by atoms with Crippen LogP contribution in [0.1, 0.15) is 30.1 Å². The van der Waals surface area contributed by atoms with Crippen LogP contribution in [0, 0.1) is 11.8 Å². The van der Waals surface area contributed by atoms with Gasteiger partial charge in [0.2, 0.25) is 0 Å². The second kappa shape index (κ2) is 4.83. The molecule has 1 saturated carbocycles. The maximum absolute atomic E-state index is 11.8. The number of nitrogens with zero attached hydrogens (tertiary/aromatic N) is 1. The summed E-state index contributed by atoms with van der Waals surface area (Å²) >= 11 is 5.84. The fraction of sp³-hybridized carbons (Fsp3) is 0.500. The Morgan fingerprint density at radius 1 is 1.69 bits per heavy atom. The third kappa shape index (κ3) is 2.73. The average molecular weight is 239 g/mol. The van der Waals surface area contributed by atoms with Crippen molar-refractivity contribution in [1.82, 2.24) is 10.3 Å². The summed E-state index contributed by atoms with van der Waals surface area (Å²) in [7, 11) is 0. The lowest BCUT2D eigenvalue weighted by atomic mass is 10.1. The van der Waals surface area contributed by atoms with Crippen LogP contribution >= 0.6 is 11.6 Å². The van der Waals surface area contributed by atoms with E-state index in [1.54, 1.807) is 18.3 Å². The summed E-state index contributed by atoms with van der Waals surface area (Å²) in [6, 6.07) is 3.40. The fourth-order valence-corrected chi connectivity index (χ4v) is 1.94. The van der Waals surface area contributed by atoms with E-state index >= 15 is 0 Å². The van der Waals surface area contributed by atoms with Gasteiger partial charge in [0.05, 0.1) is 5.56 Å². The minimum absolute atomic E-state index is 0.134. The van der Waals surface area contributed by atoms with E-state index in [2.05, 4.69) is 17.2 Å². The number of aromatic nitrogens is 1. The molecule has 0 saturated heterocycles. The molecule has 1 aliphatic rings. The van der Waals surface area contributed by atoms with Crippen LogP contribution in [-0.4, -0.2) is 17.4 Å². The third-order valence-corrected chi connectivity index (χ3v) is 3.32. The molecule has 0 spiro atoms. The molecule has 0 bridgehead atoms. The van der Waals surface area contributed by atoms with Crippen LogP contribution in [0.5, 0.6) is 0 Å². The number of halogens is 1. The zero-order valence-corrected chi connectivity index (χ0v) is 10.00. The van der Waals surface area contributed by atoms with Crippen molar-refractivity contribution in [3.8, 4) is 0 Å². The van der Waals surface area contributed by atoms with E-state index in [9.17, 15) is 4.79 Å². The number of carbonyl (C=O) groups is 1. The maximum Gasteiger partial charge on any atom is 0.254 e. The lowest BCUT2D eigenvalue weighted by Crippen LogP contribution is -2.29. The third-order valence-electron chi connectivity index (χ3n) is 3.02. The molecule has 1 aliphatic carbocycles. The Labute approximate surface area is 100 Å². The van der Waals surface area contributed by atoms with Crippen LogP contribution in [0.15, 0.2) is 18.3 Å². The van der Waals surface area contributed by atoms with Crippen LogP contribution in [-0.2, 0) is 0 Å². The van der Waals surface area contributed by atoms with Gasteiger partial charge in [0.15, 0.2) is 0 Å². The van der Waals surface area contributed by atoms with Crippen molar-refractivity contribution in [2.24, 2.45) is 11.8 Å². The Morgan fingerprint density at radius 2 is 2.44 bits per heavy atom. The molecule has 0 aliphatic heterocycles. The van der Waals surface area contributed by atoms with Gasteiger partial charge in [-0.05, 0) is 36.8 Å². The molecule has 16 heavy (non-hydrogen) atoms. The van der Waals surface area contributed by atoms with Gasteiger partial charge in [0, 0.05) is 12.7 Å². The van der Waals surface area contributed by atoms with Gasteiger partial charge >= 0.3 is 0 Å². The maximum atomic E-state index is 11.8. The Kier molecular flexibility index (Phi) is 3.44. The van der Waals surface area contributed by atoms with Gasteiger partial charge in [-0.25, -0.2) is 4.98 Å². The molecule has 1 aromatic heterocycles. The molecule has 1 heterocycles. The first-order valence-electron chi connectivity index (χ1n) is 5.57. The summed E-state index contributed by atoms with van der Waals surface area (Å²) in [5.41, 5.74) is 0.451. The quantitative estimate of drug-likeness (QED) is 0.819. The van der Waals surface area contributed by atoms with Crippen molar-refractivity contribution >= 4 is 17.5 Å². The summed E-state index contributed by atoms with van der Waals surface area (Å²) in [5.74, 6) is 1.22. The van der Waals surface area contributed by atoms with Gasteiger partial charge in [0.25, 0.3) is 5.91 Å². The minimum Gasteiger partial charge on any atom is -0.352 e. The lowest BCUT2D eigenvalue weighted by molar-refractivity contribution is 0.0946. The predicted octanol–water partition coefficient (Wildman–Crippen LogP) is 2.51. The topological polar surface area (TPSA) is 42.0 Å². The molecule has 1 unspecified atom stereocenters. The number of carbonyl (C=O) groups excluding carboxylic acids is 1. The summed E-state index contributed by atoms with van der Waals surface area (Å²) < 4.78 is 0. The number of nitrogens with one attached hydrogen (secondary N) is 1. The highest BCUT2D eigenvalue weighted by Gasteiger charge is 2.28. The SMILES string of the molecule is CC(CNC(=O)c1cccnc1Cl)C1CC1. The first-order valence-corrected chi connectivity index (χ1v) is 5.95. The highest BCUT2D eigenvalue weighted by Crippen LogP contribution is 2.36. The minimum atomic E-state index is -0.134. The molecule has 4 heteroatoms. The molecule has 0 aromatic carbocycles. The second-order valence-electron chi connectivity index (χ2n) is 4.37. The number of hydrogen-bond donors (Lipinski definition) is 1. The van der Waals surface area contributed by atoms with Crippen molar-refractivity contribution in [2.45, 2.75) is 19.8 Å². The molecule has 2 rings (SSSR count). The van der Waals surface area contributed by atoms with Crippen LogP contribution in [0.2, 0.25) is 5.15 Å². The van der Waals surface area contributed by atoms with Crippen LogP contribution in [0.3, 0.4) is 0 Å². The highest BCUT2D eigenvalue weighted by molar-refractivity contribution is 6.32. The van der Waals surface area contributed by atoms with Gasteiger partial charge in [0.1, 0.15) is 5.15 Å². The number of rotatable bonds is 4. The van der Waals surface area contributed by atoms with E-state index in [0.717, 1.165) is 5.92 Å². The van der Waals surface area contributed by atoms with Gasteiger partial charge in [-0.2, -0.15) is 0 Å². The van der Waals surface area contributed by atoms with Crippen molar-refractivity contribution in [3.05, 3.63) is 29.0 Å². The number of pyridine rings is 1. The van der Waals surface area contributed by atoms with Crippen LogP contribution < -0.4 is 5.32 Å². The molecule has 3 nitrogen and oxygen atoms in total. The Morgan fingerprint density at radius 3 is 3.06 bits per heavy atom. The summed E-state index contributed by atoms with van der Waals surface area (Å²) in [6.45, 7) is 2.89. The molecule has 1 N–H and O–H groups in total. The Bertz CT molecular complexity index is 390. The average Bonchev–Trinajstić information content (AvgIpc) is 3.10. The van der Waals surface area contributed by atoms with Gasteiger partial charge < -0.3 is 5.32 Å². The molecule has 1 amide bonds. The molecule has 0 radical (unpaired) electrons. The van der Waals surface area contributed by atoms with Crippen molar-refractivity contribution in [2.75, 3.05) is 6.54 Å². The normalized spacial score (nSPS) is 16.9. The Balaban J connectivity index is 1.90. The molecular weight excluding hydrogens is 224 g/mol. The predicted molar refractivity (Wildman–Crippen MR) is 63.5 cm³/mol. The smallest absolute Gasteiger partial charge is 0.254 e. The molecule has 1 atom stereocenters. The molecule has 1 aromatic rings. The zero-order valence-electron chi connectivity index (χ0n) is 9.24. The number of amides is 1. The summed E-state index contributed by atoms with van der Waals surface area (Å²) in [5, 5.41) is 3.16. The monoisotopic (exact) mass is 238 g/mol. The van der Waals surface area contributed by atoms with Crippen molar-refractivity contribution in [1.29, 1.82) is 0 Å². The standard InChI is InChI=1S/C12H15ClN2O/c1-8(9-4-5-9)7-15-12(16)10-3-2-6-14-11(10)13/h2-3,6,8-9H,4-5,7H2,1H3,(H,15,16). The van der Waals surface area contributed by atoms with Crippen molar-refractivity contribution < 1.29 is 4.79 Å². The van der Waals surface area contributed by atoms with Crippen LogP contribution in [0.4, 0.5) is 0 Å². The van der Waals surface area contributed by atoms with Gasteiger partial charge in [-0.1, -0.05) is 18.5 Å². The summed E-state index contributed by atoms with van der Waals surface area (Å²) in [4.78, 5) is 15.7. The van der Waals surface area contributed by atoms with E-state index in [4.69, 9.17) is 11.6 Å². The van der Waals surface area contributed by atoms with E-state index < -0.39 is 0 Å². The second-order valence-corrected chi connectivity index (χ2v) is 4.72. The first-order chi connectivity index (χ1) is 7.68. The number of hydrogen-bond acceptors (Lipinski definition) is 2. The Hall–Kier alpha value is -1.09. The highest BCUT2D eigenvalue weighted by atomic mass is 35.5. The van der Waals surface area contributed by atoms with E-state index in [1.165, 1.54) is 12.8 Å². The fourth-order valence-electron chi connectivity index (χ4n) is 1.74. The molecule has 1 fully saturated rings. The molecule has 86 valence electrons. The first kappa shape index (κ1) is 11.4. The van der Waals surface area contributed by atoms with Gasteiger partial charge in [-0.3, -0.25) is 4.79 Å². The summed E-state index contributed by atoms with van der Waals surface area (Å²) in [6.07, 6.45) is 4.17. The van der Waals surface area contributed by atoms with Gasteiger partial charge in [-0.15, -0.1) is 0 Å².